The minimum absolute atomic E-state index is 0.246. The fourth-order valence-electron chi connectivity index (χ4n) is 2.79. The monoisotopic (exact) mass is 303 g/mol. The van der Waals surface area contributed by atoms with E-state index in [1.807, 2.05) is 13.0 Å². The summed E-state index contributed by atoms with van der Waals surface area (Å²) in [5, 5.41) is 20.5. The first-order valence-electron chi connectivity index (χ1n) is 7.51. The van der Waals surface area contributed by atoms with Gasteiger partial charge in [0.1, 0.15) is 5.01 Å². The van der Waals surface area contributed by atoms with Crippen molar-refractivity contribution in [2.24, 2.45) is 5.92 Å². The highest BCUT2D eigenvalue weighted by atomic mass is 32.1. The van der Waals surface area contributed by atoms with Crippen molar-refractivity contribution in [2.75, 3.05) is 18.0 Å². The summed E-state index contributed by atoms with van der Waals surface area (Å²) in [4.78, 5) is 2.27. The normalized spacial score (nSPS) is 20.5. The molecule has 5 heteroatoms. The quantitative estimate of drug-likeness (QED) is 0.943. The summed E-state index contributed by atoms with van der Waals surface area (Å²) in [6.45, 7) is 3.79. The van der Waals surface area contributed by atoms with Crippen molar-refractivity contribution in [1.82, 2.24) is 10.2 Å². The summed E-state index contributed by atoms with van der Waals surface area (Å²) in [6, 6.07) is 10.4. The number of aliphatic hydroxyl groups is 1. The lowest BCUT2D eigenvalue weighted by Gasteiger charge is -2.33. The molecule has 2 unspecified atom stereocenters. The number of hydrogen-bond acceptors (Lipinski definition) is 5. The Morgan fingerprint density at radius 2 is 2.14 bits per heavy atom. The molecule has 0 amide bonds. The molecule has 1 saturated heterocycles. The molecule has 0 spiro atoms. The molecule has 1 aliphatic rings. The highest BCUT2D eigenvalue weighted by Gasteiger charge is 2.25. The van der Waals surface area contributed by atoms with Gasteiger partial charge < -0.3 is 10.0 Å². The van der Waals surface area contributed by atoms with Crippen LogP contribution in [0.4, 0.5) is 5.13 Å². The van der Waals surface area contributed by atoms with E-state index in [0.717, 1.165) is 42.5 Å². The van der Waals surface area contributed by atoms with E-state index in [9.17, 15) is 5.11 Å². The maximum atomic E-state index is 9.78. The third-order valence-corrected chi connectivity index (χ3v) is 5.05. The Balaban J connectivity index is 1.67. The topological polar surface area (TPSA) is 49.2 Å². The molecule has 4 nitrogen and oxygen atoms in total. The Labute approximate surface area is 129 Å². The van der Waals surface area contributed by atoms with Crippen LogP contribution in [0.5, 0.6) is 0 Å². The van der Waals surface area contributed by atoms with Crippen LogP contribution in [0.3, 0.4) is 0 Å². The van der Waals surface area contributed by atoms with E-state index in [1.54, 1.807) is 11.3 Å². The molecule has 3 rings (SSSR count). The molecule has 21 heavy (non-hydrogen) atoms. The summed E-state index contributed by atoms with van der Waals surface area (Å²) in [5.74, 6) is 0.347. The lowest BCUT2D eigenvalue weighted by molar-refractivity contribution is 0.115. The molecule has 1 aliphatic heterocycles. The van der Waals surface area contributed by atoms with E-state index in [4.69, 9.17) is 0 Å². The van der Waals surface area contributed by atoms with Gasteiger partial charge in [0.05, 0.1) is 6.10 Å². The van der Waals surface area contributed by atoms with Gasteiger partial charge in [-0.1, -0.05) is 41.7 Å². The van der Waals surface area contributed by atoms with Crippen LogP contribution in [0.1, 0.15) is 30.3 Å². The number of nitrogens with zero attached hydrogens (tertiary/aromatic N) is 3. The van der Waals surface area contributed by atoms with Crippen molar-refractivity contribution < 1.29 is 5.11 Å². The highest BCUT2D eigenvalue weighted by molar-refractivity contribution is 7.15. The van der Waals surface area contributed by atoms with Crippen molar-refractivity contribution in [2.45, 2.75) is 32.3 Å². The van der Waals surface area contributed by atoms with Gasteiger partial charge in [-0.25, -0.2) is 0 Å². The second-order valence-electron chi connectivity index (χ2n) is 5.73. The zero-order chi connectivity index (χ0) is 14.7. The number of rotatable bonds is 4. The van der Waals surface area contributed by atoms with Gasteiger partial charge in [0.2, 0.25) is 5.13 Å². The summed E-state index contributed by atoms with van der Waals surface area (Å²) >= 11 is 1.67. The maximum Gasteiger partial charge on any atom is 0.208 e. The summed E-state index contributed by atoms with van der Waals surface area (Å²) in [5.41, 5.74) is 1.26. The first-order valence-corrected chi connectivity index (χ1v) is 8.33. The van der Waals surface area contributed by atoms with Gasteiger partial charge >= 0.3 is 0 Å². The Morgan fingerprint density at radius 1 is 1.33 bits per heavy atom. The standard InChI is InChI=1S/C16H21N3OS/c1-12(20)14-8-5-9-19(11-14)16-18-17-15(21-16)10-13-6-3-2-4-7-13/h2-4,6-7,12,14,20H,5,8-11H2,1H3. The second kappa shape index (κ2) is 6.54. The molecule has 0 radical (unpaired) electrons. The molecule has 2 heterocycles. The molecular weight excluding hydrogens is 282 g/mol. The zero-order valence-corrected chi connectivity index (χ0v) is 13.1. The highest BCUT2D eigenvalue weighted by Crippen LogP contribution is 2.28. The van der Waals surface area contributed by atoms with E-state index in [1.165, 1.54) is 5.56 Å². The van der Waals surface area contributed by atoms with Crippen molar-refractivity contribution in [3.8, 4) is 0 Å². The maximum absolute atomic E-state index is 9.78. The van der Waals surface area contributed by atoms with Crippen molar-refractivity contribution in [3.63, 3.8) is 0 Å². The molecule has 1 fully saturated rings. The fourth-order valence-corrected chi connectivity index (χ4v) is 3.70. The molecule has 2 atom stereocenters. The lowest BCUT2D eigenvalue weighted by atomic mass is 9.94. The Morgan fingerprint density at radius 3 is 2.90 bits per heavy atom. The van der Waals surface area contributed by atoms with Crippen molar-refractivity contribution >= 4 is 16.5 Å². The number of benzene rings is 1. The molecule has 0 saturated carbocycles. The van der Waals surface area contributed by atoms with Gasteiger partial charge in [0.25, 0.3) is 0 Å². The van der Waals surface area contributed by atoms with Gasteiger partial charge in [-0.2, -0.15) is 0 Å². The van der Waals surface area contributed by atoms with Crippen LogP contribution in [0.25, 0.3) is 0 Å². The predicted molar refractivity (Wildman–Crippen MR) is 85.8 cm³/mol. The number of hydrogen-bond donors (Lipinski definition) is 1. The minimum Gasteiger partial charge on any atom is -0.393 e. The third kappa shape index (κ3) is 3.60. The Hall–Kier alpha value is -1.46. The van der Waals surface area contributed by atoms with Crippen molar-refractivity contribution in [1.29, 1.82) is 0 Å². The molecular formula is C16H21N3OS. The summed E-state index contributed by atoms with van der Waals surface area (Å²) < 4.78 is 0. The third-order valence-electron chi connectivity index (χ3n) is 4.06. The van der Waals surface area contributed by atoms with Crippen LogP contribution >= 0.6 is 11.3 Å². The first-order chi connectivity index (χ1) is 10.2. The first kappa shape index (κ1) is 14.5. The summed E-state index contributed by atoms with van der Waals surface area (Å²) in [7, 11) is 0. The summed E-state index contributed by atoms with van der Waals surface area (Å²) in [6.07, 6.45) is 2.81. The number of aliphatic hydroxyl groups excluding tert-OH is 1. The van der Waals surface area contributed by atoms with E-state index in [0.29, 0.717) is 5.92 Å². The van der Waals surface area contributed by atoms with E-state index < -0.39 is 0 Å². The second-order valence-corrected chi connectivity index (χ2v) is 6.77. The number of aromatic nitrogens is 2. The average molecular weight is 303 g/mol. The minimum atomic E-state index is -0.246. The fraction of sp³-hybridized carbons (Fsp3) is 0.500. The largest absolute Gasteiger partial charge is 0.393 e. The van der Waals surface area contributed by atoms with Gasteiger partial charge in [-0.05, 0) is 25.3 Å². The van der Waals surface area contributed by atoms with Crippen LogP contribution in [0, 0.1) is 5.92 Å². The molecule has 112 valence electrons. The number of piperidine rings is 1. The van der Waals surface area contributed by atoms with E-state index >= 15 is 0 Å². The zero-order valence-electron chi connectivity index (χ0n) is 12.3. The molecule has 2 aromatic rings. The Kier molecular flexibility index (Phi) is 4.51. The number of anilines is 1. The molecule has 0 bridgehead atoms. The molecule has 1 N–H and O–H groups in total. The van der Waals surface area contributed by atoms with E-state index in [-0.39, 0.29) is 6.10 Å². The van der Waals surface area contributed by atoms with Crippen LogP contribution < -0.4 is 4.90 Å². The van der Waals surface area contributed by atoms with Crippen molar-refractivity contribution in [3.05, 3.63) is 40.9 Å². The van der Waals surface area contributed by atoms with Gasteiger partial charge in [-0.15, -0.1) is 10.2 Å². The van der Waals surface area contributed by atoms with E-state index in [2.05, 4.69) is 39.4 Å². The lowest BCUT2D eigenvalue weighted by Crippen LogP contribution is -2.39. The average Bonchev–Trinajstić information content (AvgIpc) is 2.97. The van der Waals surface area contributed by atoms with Crippen LogP contribution in [0.15, 0.2) is 30.3 Å². The Bertz CT molecular complexity index is 570. The van der Waals surface area contributed by atoms with Crippen LogP contribution in [0.2, 0.25) is 0 Å². The van der Waals surface area contributed by atoms with Crippen LogP contribution in [-0.2, 0) is 6.42 Å². The van der Waals surface area contributed by atoms with Gasteiger partial charge in [-0.3, -0.25) is 0 Å². The van der Waals surface area contributed by atoms with Gasteiger partial charge in [0.15, 0.2) is 0 Å². The van der Waals surface area contributed by atoms with Crippen LogP contribution in [-0.4, -0.2) is 34.5 Å². The molecule has 1 aromatic heterocycles. The predicted octanol–water partition coefficient (Wildman–Crippen LogP) is 2.73. The molecule has 1 aromatic carbocycles. The SMILES string of the molecule is CC(O)C1CCCN(c2nnc(Cc3ccccc3)s2)C1. The smallest absolute Gasteiger partial charge is 0.208 e. The molecule has 0 aliphatic carbocycles. The van der Waals surface area contributed by atoms with Gasteiger partial charge in [0, 0.05) is 25.4 Å².